The molecule has 3 N–H and O–H groups in total. The number of thioether (sulfide) groups is 1. The molecule has 0 saturated heterocycles. The van der Waals surface area contributed by atoms with Gasteiger partial charge in [0.15, 0.2) is 5.82 Å². The fourth-order valence-electron chi connectivity index (χ4n) is 1.89. The number of nitrogens with zero attached hydrogens (tertiary/aromatic N) is 3. The Morgan fingerprint density at radius 1 is 1.43 bits per heavy atom. The number of hydrogen-bond donors (Lipinski definition) is 2. The maximum Gasteiger partial charge on any atom is 0.234 e. The van der Waals surface area contributed by atoms with Gasteiger partial charge in [0, 0.05) is 5.92 Å². The van der Waals surface area contributed by atoms with Crippen LogP contribution in [-0.2, 0) is 4.79 Å². The lowest BCUT2D eigenvalue weighted by Gasteiger charge is -2.06. The quantitative estimate of drug-likeness (QED) is 0.651. The maximum absolute atomic E-state index is 11.9. The second-order valence-corrected chi connectivity index (χ2v) is 6.15. The fraction of sp³-hybridized carbons (Fsp3) is 0.308. The van der Waals surface area contributed by atoms with E-state index in [4.69, 9.17) is 17.4 Å². The first-order chi connectivity index (χ1) is 10.1. The second kappa shape index (κ2) is 5.95. The van der Waals surface area contributed by atoms with E-state index in [1.807, 2.05) is 12.1 Å². The van der Waals surface area contributed by atoms with Crippen molar-refractivity contribution in [2.24, 2.45) is 0 Å². The van der Waals surface area contributed by atoms with Gasteiger partial charge in [0.1, 0.15) is 0 Å². The number of carbonyl (C=O) groups excluding carboxylic acids is 1. The molecule has 110 valence electrons. The molecule has 1 aromatic heterocycles. The molecule has 1 heterocycles. The molecule has 1 aliphatic carbocycles. The Balaban J connectivity index is 1.57. The first-order valence-electron chi connectivity index (χ1n) is 6.52. The van der Waals surface area contributed by atoms with E-state index >= 15 is 0 Å². The van der Waals surface area contributed by atoms with Crippen molar-refractivity contribution >= 4 is 35.0 Å². The Kier molecular flexibility index (Phi) is 4.03. The molecule has 1 saturated carbocycles. The zero-order valence-electron chi connectivity index (χ0n) is 11.1. The Labute approximate surface area is 131 Å². The van der Waals surface area contributed by atoms with E-state index in [0.717, 1.165) is 18.7 Å². The molecular weight excluding hydrogens is 310 g/mol. The zero-order valence-corrected chi connectivity index (χ0v) is 12.7. The van der Waals surface area contributed by atoms with E-state index in [1.165, 1.54) is 16.4 Å². The number of para-hydroxylation sites is 1. The summed E-state index contributed by atoms with van der Waals surface area (Å²) in [5, 5.41) is 11.9. The molecule has 1 aromatic carbocycles. The van der Waals surface area contributed by atoms with E-state index < -0.39 is 0 Å². The standard InChI is InChI=1S/C13H14ClN5OS/c14-9-3-1-2-4-10(9)16-11(20)7-21-13-18-17-12(19(13)15)8-5-6-8/h1-4,8H,5-7,15H2,(H,16,20). The van der Waals surface area contributed by atoms with E-state index in [2.05, 4.69) is 15.5 Å². The van der Waals surface area contributed by atoms with Gasteiger partial charge in [-0.1, -0.05) is 35.5 Å². The molecule has 0 atom stereocenters. The molecule has 6 nitrogen and oxygen atoms in total. The minimum absolute atomic E-state index is 0.163. The van der Waals surface area contributed by atoms with Gasteiger partial charge in [0.25, 0.3) is 0 Å². The first kappa shape index (κ1) is 14.2. The van der Waals surface area contributed by atoms with E-state index in [-0.39, 0.29) is 11.7 Å². The summed E-state index contributed by atoms with van der Waals surface area (Å²) in [5.74, 6) is 7.18. The average Bonchev–Trinajstić information content (AvgIpc) is 3.24. The minimum atomic E-state index is -0.163. The Hall–Kier alpha value is -1.73. The fourth-order valence-corrected chi connectivity index (χ4v) is 2.73. The third kappa shape index (κ3) is 3.30. The summed E-state index contributed by atoms with van der Waals surface area (Å²) >= 11 is 7.24. The number of aromatic nitrogens is 3. The van der Waals surface area contributed by atoms with Gasteiger partial charge in [0.2, 0.25) is 11.1 Å². The second-order valence-electron chi connectivity index (χ2n) is 4.80. The van der Waals surface area contributed by atoms with Gasteiger partial charge in [0.05, 0.1) is 16.5 Å². The van der Waals surface area contributed by atoms with Crippen LogP contribution >= 0.6 is 23.4 Å². The molecule has 1 fully saturated rings. The summed E-state index contributed by atoms with van der Waals surface area (Å²) in [6.07, 6.45) is 2.21. The number of amides is 1. The van der Waals surface area contributed by atoms with E-state index in [1.54, 1.807) is 12.1 Å². The summed E-state index contributed by atoms with van der Waals surface area (Å²) in [5.41, 5.74) is 0.595. The van der Waals surface area contributed by atoms with Crippen LogP contribution in [0.15, 0.2) is 29.4 Å². The highest BCUT2D eigenvalue weighted by molar-refractivity contribution is 7.99. The van der Waals surface area contributed by atoms with Crippen LogP contribution in [0.25, 0.3) is 0 Å². The molecular formula is C13H14ClN5OS. The predicted molar refractivity (Wildman–Crippen MR) is 83.0 cm³/mol. The number of rotatable bonds is 5. The van der Waals surface area contributed by atoms with Crippen molar-refractivity contribution in [2.75, 3.05) is 16.9 Å². The van der Waals surface area contributed by atoms with E-state index in [0.29, 0.717) is 21.8 Å². The predicted octanol–water partition coefficient (Wildman–Crippen LogP) is 2.25. The van der Waals surface area contributed by atoms with Crippen LogP contribution in [-0.4, -0.2) is 26.5 Å². The SMILES string of the molecule is Nn1c(SCC(=O)Nc2ccccc2Cl)nnc1C1CC1. The Morgan fingerprint density at radius 3 is 2.90 bits per heavy atom. The monoisotopic (exact) mass is 323 g/mol. The molecule has 3 rings (SSSR count). The first-order valence-corrected chi connectivity index (χ1v) is 7.89. The van der Waals surface area contributed by atoms with Crippen LogP contribution in [0, 0.1) is 0 Å². The van der Waals surface area contributed by atoms with Gasteiger partial charge in [-0.15, -0.1) is 10.2 Å². The molecule has 2 aromatic rings. The van der Waals surface area contributed by atoms with Crippen molar-refractivity contribution in [3.63, 3.8) is 0 Å². The van der Waals surface area contributed by atoms with Crippen LogP contribution in [0.1, 0.15) is 24.6 Å². The average molecular weight is 324 g/mol. The third-order valence-corrected chi connectivity index (χ3v) is 4.39. The highest BCUT2D eigenvalue weighted by Crippen LogP contribution is 2.39. The summed E-state index contributed by atoms with van der Waals surface area (Å²) in [6, 6.07) is 7.10. The Morgan fingerprint density at radius 2 is 2.19 bits per heavy atom. The zero-order chi connectivity index (χ0) is 14.8. The summed E-state index contributed by atoms with van der Waals surface area (Å²) in [4.78, 5) is 11.9. The minimum Gasteiger partial charge on any atom is -0.336 e. The van der Waals surface area contributed by atoms with Gasteiger partial charge in [-0.2, -0.15) is 0 Å². The van der Waals surface area contributed by atoms with Gasteiger partial charge in [-0.25, -0.2) is 4.68 Å². The molecule has 1 aliphatic rings. The van der Waals surface area contributed by atoms with Crippen molar-refractivity contribution in [1.29, 1.82) is 0 Å². The molecule has 0 radical (unpaired) electrons. The number of nitrogens with one attached hydrogen (secondary N) is 1. The molecule has 21 heavy (non-hydrogen) atoms. The van der Waals surface area contributed by atoms with Gasteiger partial charge in [-0.05, 0) is 25.0 Å². The molecule has 8 heteroatoms. The van der Waals surface area contributed by atoms with Crippen LogP contribution in [0.3, 0.4) is 0 Å². The molecule has 1 amide bonds. The smallest absolute Gasteiger partial charge is 0.234 e. The van der Waals surface area contributed by atoms with Gasteiger partial charge in [-0.3, -0.25) is 4.79 Å². The lowest BCUT2D eigenvalue weighted by atomic mass is 10.3. The van der Waals surface area contributed by atoms with Crippen molar-refractivity contribution in [3.05, 3.63) is 35.1 Å². The Bertz CT molecular complexity index is 670. The van der Waals surface area contributed by atoms with Crippen molar-refractivity contribution in [1.82, 2.24) is 14.9 Å². The third-order valence-electron chi connectivity index (χ3n) is 3.11. The largest absolute Gasteiger partial charge is 0.336 e. The summed E-state index contributed by atoms with van der Waals surface area (Å²) in [6.45, 7) is 0. The lowest BCUT2D eigenvalue weighted by Crippen LogP contribution is -2.17. The molecule has 0 spiro atoms. The number of nitrogen functional groups attached to an aromatic ring is 1. The highest BCUT2D eigenvalue weighted by atomic mass is 35.5. The van der Waals surface area contributed by atoms with Crippen molar-refractivity contribution < 1.29 is 4.79 Å². The molecule has 0 unspecified atom stereocenters. The summed E-state index contributed by atoms with van der Waals surface area (Å²) < 4.78 is 1.48. The van der Waals surface area contributed by atoms with Crippen molar-refractivity contribution in [2.45, 2.75) is 23.9 Å². The number of benzene rings is 1. The van der Waals surface area contributed by atoms with E-state index in [9.17, 15) is 4.79 Å². The van der Waals surface area contributed by atoms with Crippen LogP contribution in [0.4, 0.5) is 5.69 Å². The molecule has 0 bridgehead atoms. The van der Waals surface area contributed by atoms with Gasteiger partial charge >= 0.3 is 0 Å². The maximum atomic E-state index is 11.9. The van der Waals surface area contributed by atoms with Crippen LogP contribution < -0.4 is 11.2 Å². The van der Waals surface area contributed by atoms with Gasteiger partial charge < -0.3 is 11.2 Å². The summed E-state index contributed by atoms with van der Waals surface area (Å²) in [7, 11) is 0. The topological polar surface area (TPSA) is 85.8 Å². The highest BCUT2D eigenvalue weighted by Gasteiger charge is 2.30. The van der Waals surface area contributed by atoms with Crippen LogP contribution in [0.5, 0.6) is 0 Å². The number of anilines is 1. The van der Waals surface area contributed by atoms with Crippen molar-refractivity contribution in [3.8, 4) is 0 Å². The number of carbonyl (C=O) groups is 1. The normalized spacial score (nSPS) is 14.1. The number of hydrogen-bond acceptors (Lipinski definition) is 5. The number of halogens is 1. The van der Waals surface area contributed by atoms with Crippen LogP contribution in [0.2, 0.25) is 5.02 Å². The number of nitrogens with two attached hydrogens (primary N) is 1. The lowest BCUT2D eigenvalue weighted by molar-refractivity contribution is -0.113. The molecule has 0 aliphatic heterocycles.